The second kappa shape index (κ2) is 7.04. The molecule has 0 aromatic heterocycles. The summed E-state index contributed by atoms with van der Waals surface area (Å²) in [7, 11) is 0. The van der Waals surface area contributed by atoms with E-state index in [0.29, 0.717) is 0 Å². The zero-order chi connectivity index (χ0) is 13.8. The van der Waals surface area contributed by atoms with Gasteiger partial charge in [0.15, 0.2) is 0 Å². The minimum atomic E-state index is 0.0176. The number of hydrogen-bond acceptors (Lipinski definition) is 2. The Kier molecular flexibility index (Phi) is 5.65. The summed E-state index contributed by atoms with van der Waals surface area (Å²) in [5, 5.41) is 0.768. The number of nitrogens with one attached hydrogen (secondary N) is 1. The first-order valence-electron chi connectivity index (χ1n) is 5.76. The first-order valence-corrected chi connectivity index (χ1v) is 8.01. The average Bonchev–Trinajstić information content (AvgIpc) is 2.41. The van der Waals surface area contributed by atoms with Crippen molar-refractivity contribution < 1.29 is 0 Å². The lowest BCUT2D eigenvalue weighted by atomic mass is 9.99. The van der Waals surface area contributed by atoms with Crippen LogP contribution < -0.4 is 11.3 Å². The van der Waals surface area contributed by atoms with E-state index in [9.17, 15) is 0 Å². The van der Waals surface area contributed by atoms with Gasteiger partial charge in [-0.25, -0.2) is 0 Å². The largest absolute Gasteiger partial charge is 0.271 e. The Bertz CT molecular complexity index is 577. The molecule has 0 aliphatic rings. The highest BCUT2D eigenvalue weighted by Crippen LogP contribution is 2.29. The third-order valence-electron chi connectivity index (χ3n) is 2.92. The van der Waals surface area contributed by atoms with Gasteiger partial charge in [-0.3, -0.25) is 11.3 Å². The number of benzene rings is 2. The summed E-state index contributed by atoms with van der Waals surface area (Å²) >= 11 is 12.1. The van der Waals surface area contributed by atoms with E-state index >= 15 is 0 Å². The van der Waals surface area contributed by atoms with Crippen molar-refractivity contribution in [1.82, 2.24) is 5.43 Å². The van der Waals surface area contributed by atoms with Gasteiger partial charge in [0.2, 0.25) is 0 Å². The van der Waals surface area contributed by atoms with E-state index in [1.807, 2.05) is 30.3 Å². The molecule has 2 aromatic rings. The van der Waals surface area contributed by atoms with Gasteiger partial charge in [-0.05, 0) is 64.4 Å². The second-order valence-electron chi connectivity index (χ2n) is 4.18. The van der Waals surface area contributed by atoms with Crippen LogP contribution in [0.4, 0.5) is 0 Å². The van der Waals surface area contributed by atoms with Gasteiger partial charge in [0.1, 0.15) is 0 Å². The molecule has 0 saturated heterocycles. The van der Waals surface area contributed by atoms with Gasteiger partial charge in [0, 0.05) is 13.1 Å². The summed E-state index contributed by atoms with van der Waals surface area (Å²) in [5.41, 5.74) is 5.09. The molecule has 0 aliphatic carbocycles. The molecule has 0 bridgehead atoms. The maximum absolute atomic E-state index is 6.20. The summed E-state index contributed by atoms with van der Waals surface area (Å²) in [5.74, 6) is 5.71. The molecule has 2 rings (SSSR count). The highest BCUT2D eigenvalue weighted by atomic mass is 127. The van der Waals surface area contributed by atoms with Crippen molar-refractivity contribution in [2.24, 2.45) is 5.84 Å². The molecule has 5 heteroatoms. The summed E-state index contributed by atoms with van der Waals surface area (Å²) in [6.07, 6.45) is 0.745. The molecule has 100 valence electrons. The first-order chi connectivity index (χ1) is 9.11. The van der Waals surface area contributed by atoms with Gasteiger partial charge in [-0.2, -0.15) is 0 Å². The Labute approximate surface area is 140 Å². The molecule has 0 spiro atoms. The number of rotatable bonds is 4. The van der Waals surface area contributed by atoms with E-state index in [0.717, 1.165) is 27.0 Å². The van der Waals surface area contributed by atoms with Gasteiger partial charge in [0.25, 0.3) is 0 Å². The number of nitrogens with two attached hydrogens (primary N) is 1. The van der Waals surface area contributed by atoms with Crippen LogP contribution >= 0.6 is 50.1 Å². The van der Waals surface area contributed by atoms with Crippen molar-refractivity contribution in [2.75, 3.05) is 0 Å². The maximum atomic E-state index is 6.20. The molecular weight excluding hydrogens is 438 g/mol. The highest BCUT2D eigenvalue weighted by molar-refractivity contribution is 14.1. The van der Waals surface area contributed by atoms with Crippen LogP contribution in [0.5, 0.6) is 0 Å². The van der Waals surface area contributed by atoms with E-state index < -0.39 is 0 Å². The van der Waals surface area contributed by atoms with Crippen LogP contribution in [0, 0.1) is 3.57 Å². The Morgan fingerprint density at radius 2 is 2.00 bits per heavy atom. The summed E-state index contributed by atoms with van der Waals surface area (Å²) in [4.78, 5) is 0. The van der Waals surface area contributed by atoms with Crippen molar-refractivity contribution in [3.63, 3.8) is 0 Å². The average molecular weight is 452 g/mol. The van der Waals surface area contributed by atoms with Crippen LogP contribution in [-0.2, 0) is 6.42 Å². The Balaban J connectivity index is 2.30. The van der Waals surface area contributed by atoms with Crippen molar-refractivity contribution in [3.8, 4) is 0 Å². The SMILES string of the molecule is NNC(Cc1ccccc1Cl)c1cc(I)ccc1Br. The molecule has 2 nitrogen and oxygen atoms in total. The fourth-order valence-electron chi connectivity index (χ4n) is 1.92. The lowest BCUT2D eigenvalue weighted by Gasteiger charge is -2.19. The molecule has 1 unspecified atom stereocenters. The number of hydrazine groups is 1. The number of halogens is 3. The predicted molar refractivity (Wildman–Crippen MR) is 92.1 cm³/mol. The molecule has 2 aromatic carbocycles. The standard InChI is InChI=1S/C14H13BrClIN2/c15-12-6-5-10(17)8-11(12)14(19-18)7-9-3-1-2-4-13(9)16/h1-6,8,14,19H,7,18H2. The van der Waals surface area contributed by atoms with Gasteiger partial charge >= 0.3 is 0 Å². The summed E-state index contributed by atoms with van der Waals surface area (Å²) < 4.78 is 2.22. The van der Waals surface area contributed by atoms with Gasteiger partial charge in [-0.1, -0.05) is 45.7 Å². The van der Waals surface area contributed by atoms with Crippen molar-refractivity contribution >= 4 is 50.1 Å². The zero-order valence-electron chi connectivity index (χ0n) is 10.0. The zero-order valence-corrected chi connectivity index (χ0v) is 14.5. The molecule has 0 radical (unpaired) electrons. The van der Waals surface area contributed by atoms with Gasteiger partial charge in [-0.15, -0.1) is 0 Å². The van der Waals surface area contributed by atoms with Gasteiger partial charge in [0.05, 0.1) is 6.04 Å². The molecule has 0 amide bonds. The van der Waals surface area contributed by atoms with Crippen LogP contribution in [0.2, 0.25) is 5.02 Å². The Morgan fingerprint density at radius 3 is 2.68 bits per heavy atom. The molecule has 0 fully saturated rings. The van der Waals surface area contributed by atoms with Crippen molar-refractivity contribution in [1.29, 1.82) is 0 Å². The minimum absolute atomic E-state index is 0.0176. The minimum Gasteiger partial charge on any atom is -0.271 e. The topological polar surface area (TPSA) is 38.0 Å². The fourth-order valence-corrected chi connectivity index (χ4v) is 3.18. The van der Waals surface area contributed by atoms with E-state index in [1.165, 1.54) is 3.57 Å². The van der Waals surface area contributed by atoms with Crippen LogP contribution in [0.1, 0.15) is 17.2 Å². The predicted octanol–water partition coefficient (Wildman–Crippen LogP) is 4.45. The van der Waals surface area contributed by atoms with Crippen LogP contribution in [0.25, 0.3) is 0 Å². The van der Waals surface area contributed by atoms with Crippen LogP contribution in [-0.4, -0.2) is 0 Å². The lowest BCUT2D eigenvalue weighted by Crippen LogP contribution is -2.30. The monoisotopic (exact) mass is 450 g/mol. The van der Waals surface area contributed by atoms with Crippen LogP contribution in [0.15, 0.2) is 46.9 Å². The molecule has 19 heavy (non-hydrogen) atoms. The molecular formula is C14H13BrClIN2. The number of hydrogen-bond donors (Lipinski definition) is 2. The van der Waals surface area contributed by atoms with Crippen molar-refractivity contribution in [3.05, 3.63) is 66.7 Å². The van der Waals surface area contributed by atoms with E-state index in [2.05, 4.69) is 56.1 Å². The van der Waals surface area contributed by atoms with E-state index in [1.54, 1.807) is 0 Å². The molecule has 1 atom stereocenters. The lowest BCUT2D eigenvalue weighted by molar-refractivity contribution is 0.550. The quantitative estimate of drug-likeness (QED) is 0.409. The summed E-state index contributed by atoms with van der Waals surface area (Å²) in [6, 6.07) is 14.1. The fraction of sp³-hybridized carbons (Fsp3) is 0.143. The summed E-state index contributed by atoms with van der Waals surface area (Å²) in [6.45, 7) is 0. The Hall–Kier alpha value is -0.140. The Morgan fingerprint density at radius 1 is 1.26 bits per heavy atom. The highest BCUT2D eigenvalue weighted by Gasteiger charge is 2.15. The van der Waals surface area contributed by atoms with E-state index in [-0.39, 0.29) is 6.04 Å². The van der Waals surface area contributed by atoms with E-state index in [4.69, 9.17) is 17.4 Å². The molecule has 0 heterocycles. The second-order valence-corrected chi connectivity index (χ2v) is 6.69. The van der Waals surface area contributed by atoms with Crippen LogP contribution in [0.3, 0.4) is 0 Å². The normalized spacial score (nSPS) is 12.4. The van der Waals surface area contributed by atoms with Gasteiger partial charge < -0.3 is 0 Å². The first kappa shape index (κ1) is 15.3. The molecule has 0 saturated carbocycles. The molecule has 0 aliphatic heterocycles. The third kappa shape index (κ3) is 3.92. The van der Waals surface area contributed by atoms with Crippen molar-refractivity contribution in [2.45, 2.75) is 12.5 Å². The maximum Gasteiger partial charge on any atom is 0.0512 e. The smallest absolute Gasteiger partial charge is 0.0512 e. The molecule has 3 N–H and O–H groups in total. The third-order valence-corrected chi connectivity index (χ3v) is 4.68.